The van der Waals surface area contributed by atoms with Crippen LogP contribution in [0, 0.1) is 6.92 Å². The Morgan fingerprint density at radius 1 is 1.44 bits per heavy atom. The van der Waals surface area contributed by atoms with Crippen molar-refractivity contribution in [2.24, 2.45) is 0 Å². The van der Waals surface area contributed by atoms with Crippen molar-refractivity contribution in [1.29, 1.82) is 0 Å². The molecule has 98 valence electrons. The van der Waals surface area contributed by atoms with Crippen molar-refractivity contribution in [3.8, 4) is 5.75 Å². The zero-order chi connectivity index (χ0) is 13.2. The predicted molar refractivity (Wildman–Crippen MR) is 72.2 cm³/mol. The van der Waals surface area contributed by atoms with Crippen molar-refractivity contribution in [2.45, 2.75) is 38.1 Å². The molecule has 3 nitrogen and oxygen atoms in total. The van der Waals surface area contributed by atoms with Gasteiger partial charge in [0.1, 0.15) is 5.75 Å². The number of rotatable bonds is 3. The number of aryl methyl sites for hydroxylation is 1. The van der Waals surface area contributed by atoms with E-state index in [1.54, 1.807) is 25.1 Å². The Bertz CT molecular complexity index is 453. The van der Waals surface area contributed by atoms with Crippen LogP contribution in [0.3, 0.4) is 0 Å². The normalized spacial score (nSPS) is 17.7. The molecule has 0 bridgehead atoms. The van der Waals surface area contributed by atoms with Gasteiger partial charge in [0.25, 0.3) is 5.91 Å². The van der Waals surface area contributed by atoms with Gasteiger partial charge in [0, 0.05) is 11.4 Å². The molecule has 1 aliphatic rings. The molecule has 1 aromatic rings. The average molecular weight is 268 g/mol. The number of phenols is 1. The van der Waals surface area contributed by atoms with Gasteiger partial charge in [-0.15, -0.1) is 11.6 Å². The zero-order valence-corrected chi connectivity index (χ0v) is 11.3. The maximum atomic E-state index is 12.2. The lowest BCUT2D eigenvalue weighted by Crippen LogP contribution is -2.47. The first-order valence-electron chi connectivity index (χ1n) is 6.24. The SMILES string of the molecule is Cc1cc(C(=O)NC2(CCl)CCCC2)ccc1O. The summed E-state index contributed by atoms with van der Waals surface area (Å²) in [4.78, 5) is 12.2. The summed E-state index contributed by atoms with van der Waals surface area (Å²) in [5.41, 5.74) is 1.03. The van der Waals surface area contributed by atoms with Crippen LogP contribution in [0.2, 0.25) is 0 Å². The van der Waals surface area contributed by atoms with Gasteiger partial charge in [0.2, 0.25) is 0 Å². The van der Waals surface area contributed by atoms with E-state index in [0.717, 1.165) is 25.7 Å². The van der Waals surface area contributed by atoms with Gasteiger partial charge in [-0.3, -0.25) is 4.79 Å². The lowest BCUT2D eigenvalue weighted by atomic mass is 9.99. The minimum atomic E-state index is -0.246. The van der Waals surface area contributed by atoms with Crippen LogP contribution in [-0.4, -0.2) is 22.4 Å². The summed E-state index contributed by atoms with van der Waals surface area (Å²) < 4.78 is 0. The van der Waals surface area contributed by atoms with E-state index in [2.05, 4.69) is 5.32 Å². The summed E-state index contributed by atoms with van der Waals surface area (Å²) >= 11 is 6.00. The molecule has 0 saturated heterocycles. The van der Waals surface area contributed by atoms with Crippen LogP contribution in [0.4, 0.5) is 0 Å². The first-order chi connectivity index (χ1) is 8.56. The van der Waals surface area contributed by atoms with Crippen LogP contribution < -0.4 is 5.32 Å². The molecule has 0 heterocycles. The van der Waals surface area contributed by atoms with Crippen molar-refractivity contribution < 1.29 is 9.90 Å². The quantitative estimate of drug-likeness (QED) is 0.827. The summed E-state index contributed by atoms with van der Waals surface area (Å²) in [5, 5.41) is 12.5. The largest absolute Gasteiger partial charge is 0.508 e. The Hall–Kier alpha value is -1.22. The summed E-state index contributed by atoms with van der Waals surface area (Å²) in [6.45, 7) is 1.78. The molecule has 1 saturated carbocycles. The number of alkyl halides is 1. The van der Waals surface area contributed by atoms with Crippen molar-refractivity contribution in [3.63, 3.8) is 0 Å². The first-order valence-corrected chi connectivity index (χ1v) is 6.78. The lowest BCUT2D eigenvalue weighted by molar-refractivity contribution is 0.0909. The number of phenolic OH excluding ortho intramolecular Hbond substituents is 1. The topological polar surface area (TPSA) is 49.3 Å². The number of nitrogens with one attached hydrogen (secondary N) is 1. The van der Waals surface area contributed by atoms with Crippen LogP contribution in [0.15, 0.2) is 18.2 Å². The van der Waals surface area contributed by atoms with Gasteiger partial charge < -0.3 is 10.4 Å². The molecule has 0 unspecified atom stereocenters. The van der Waals surface area contributed by atoms with Crippen molar-refractivity contribution in [2.75, 3.05) is 5.88 Å². The minimum Gasteiger partial charge on any atom is -0.508 e. The highest BCUT2D eigenvalue weighted by Crippen LogP contribution is 2.31. The number of hydrogen-bond donors (Lipinski definition) is 2. The van der Waals surface area contributed by atoms with Crippen LogP contribution >= 0.6 is 11.6 Å². The van der Waals surface area contributed by atoms with Crippen LogP contribution in [0.1, 0.15) is 41.6 Å². The summed E-state index contributed by atoms with van der Waals surface area (Å²) in [5.74, 6) is 0.552. The van der Waals surface area contributed by atoms with Crippen LogP contribution in [0.25, 0.3) is 0 Å². The molecule has 1 fully saturated rings. The van der Waals surface area contributed by atoms with Crippen LogP contribution in [0.5, 0.6) is 5.75 Å². The molecular formula is C14H18ClNO2. The first kappa shape index (κ1) is 13.2. The number of carbonyl (C=O) groups is 1. The lowest BCUT2D eigenvalue weighted by Gasteiger charge is -2.27. The fourth-order valence-corrected chi connectivity index (χ4v) is 2.79. The van der Waals surface area contributed by atoms with E-state index in [4.69, 9.17) is 11.6 Å². The monoisotopic (exact) mass is 267 g/mol. The Morgan fingerprint density at radius 2 is 2.11 bits per heavy atom. The zero-order valence-electron chi connectivity index (χ0n) is 10.5. The number of halogens is 1. The van der Waals surface area contributed by atoms with E-state index in [-0.39, 0.29) is 17.2 Å². The van der Waals surface area contributed by atoms with Gasteiger partial charge in [0.15, 0.2) is 0 Å². The number of hydrogen-bond acceptors (Lipinski definition) is 2. The maximum absolute atomic E-state index is 12.2. The minimum absolute atomic E-state index is 0.111. The molecule has 0 radical (unpaired) electrons. The van der Waals surface area contributed by atoms with Gasteiger partial charge in [-0.2, -0.15) is 0 Å². The second kappa shape index (κ2) is 5.19. The Labute approximate surface area is 112 Å². The molecule has 1 aromatic carbocycles. The van der Waals surface area contributed by atoms with E-state index in [1.807, 2.05) is 0 Å². The molecule has 18 heavy (non-hydrogen) atoms. The fraction of sp³-hybridized carbons (Fsp3) is 0.500. The number of carbonyl (C=O) groups excluding carboxylic acids is 1. The molecule has 0 atom stereocenters. The highest BCUT2D eigenvalue weighted by Gasteiger charge is 2.34. The number of amides is 1. The highest BCUT2D eigenvalue weighted by molar-refractivity contribution is 6.19. The number of benzene rings is 1. The second-order valence-corrected chi connectivity index (χ2v) is 5.34. The van der Waals surface area contributed by atoms with Crippen molar-refractivity contribution in [1.82, 2.24) is 5.32 Å². The van der Waals surface area contributed by atoms with Gasteiger partial charge in [0.05, 0.1) is 5.54 Å². The summed E-state index contributed by atoms with van der Waals surface area (Å²) in [7, 11) is 0. The second-order valence-electron chi connectivity index (χ2n) is 5.08. The number of aromatic hydroxyl groups is 1. The molecule has 4 heteroatoms. The molecule has 0 aliphatic heterocycles. The van der Waals surface area contributed by atoms with E-state index >= 15 is 0 Å². The molecule has 2 rings (SSSR count). The molecular weight excluding hydrogens is 250 g/mol. The predicted octanol–water partition coefficient (Wildman–Crippen LogP) is 2.98. The van der Waals surface area contributed by atoms with Gasteiger partial charge in [-0.05, 0) is 43.5 Å². The van der Waals surface area contributed by atoms with E-state index in [1.165, 1.54) is 0 Å². The smallest absolute Gasteiger partial charge is 0.251 e. The molecule has 1 aliphatic carbocycles. The Balaban J connectivity index is 2.13. The standard InChI is InChI=1S/C14H18ClNO2/c1-10-8-11(4-5-12(10)17)13(18)16-14(9-15)6-2-3-7-14/h4-5,8,17H,2-3,6-7,9H2,1H3,(H,16,18). The van der Waals surface area contributed by atoms with Crippen molar-refractivity contribution >= 4 is 17.5 Å². The Kier molecular flexibility index (Phi) is 3.81. The van der Waals surface area contributed by atoms with E-state index in [0.29, 0.717) is 17.0 Å². The van der Waals surface area contributed by atoms with Crippen LogP contribution in [-0.2, 0) is 0 Å². The third-order valence-electron chi connectivity index (χ3n) is 3.65. The fourth-order valence-electron chi connectivity index (χ4n) is 2.45. The van der Waals surface area contributed by atoms with Crippen molar-refractivity contribution in [3.05, 3.63) is 29.3 Å². The maximum Gasteiger partial charge on any atom is 0.251 e. The highest BCUT2D eigenvalue weighted by atomic mass is 35.5. The van der Waals surface area contributed by atoms with Gasteiger partial charge >= 0.3 is 0 Å². The molecule has 1 amide bonds. The van der Waals surface area contributed by atoms with Gasteiger partial charge in [-0.1, -0.05) is 12.8 Å². The third kappa shape index (κ3) is 2.61. The molecule has 0 spiro atoms. The van der Waals surface area contributed by atoms with E-state index < -0.39 is 0 Å². The van der Waals surface area contributed by atoms with Gasteiger partial charge in [-0.25, -0.2) is 0 Å². The summed E-state index contributed by atoms with van der Waals surface area (Å²) in [6, 6.07) is 4.88. The third-order valence-corrected chi connectivity index (χ3v) is 4.17. The van der Waals surface area contributed by atoms with E-state index in [9.17, 15) is 9.90 Å². The molecule has 0 aromatic heterocycles. The molecule has 2 N–H and O–H groups in total. The Morgan fingerprint density at radius 3 is 2.67 bits per heavy atom. The average Bonchev–Trinajstić information content (AvgIpc) is 2.82. The summed E-state index contributed by atoms with van der Waals surface area (Å²) in [6.07, 6.45) is 4.11.